The lowest BCUT2D eigenvalue weighted by molar-refractivity contribution is 0.165. The van der Waals surface area contributed by atoms with E-state index in [2.05, 4.69) is 42.7 Å². The van der Waals surface area contributed by atoms with Crippen molar-refractivity contribution >= 4 is 17.1 Å². The number of allylic oxidation sites excluding steroid dienone is 2. The van der Waals surface area contributed by atoms with Gasteiger partial charge in [0.1, 0.15) is 5.52 Å². The number of nitrogens with one attached hydrogen (secondary N) is 2. The molecule has 2 aliphatic carbocycles. The molecule has 1 aromatic carbocycles. The van der Waals surface area contributed by atoms with E-state index in [1.165, 1.54) is 18.5 Å². The number of rotatable bonds is 3. The molecule has 0 radical (unpaired) electrons. The topological polar surface area (TPSA) is 50.1 Å². The average molecular weight is 283 g/mol. The zero-order chi connectivity index (χ0) is 14.7. The first-order chi connectivity index (χ1) is 10.0. The number of hydrogen-bond donors (Lipinski definition) is 2. The van der Waals surface area contributed by atoms with Crippen molar-refractivity contribution in [1.29, 1.82) is 0 Å². The molecule has 0 amide bonds. The van der Waals surface area contributed by atoms with Crippen molar-refractivity contribution in [2.45, 2.75) is 33.6 Å². The Morgan fingerprint density at radius 3 is 2.67 bits per heavy atom. The quantitative estimate of drug-likeness (QED) is 0.833. The number of aromatic nitrogens is 1. The van der Waals surface area contributed by atoms with Crippen LogP contribution in [0.5, 0.6) is 0 Å². The van der Waals surface area contributed by atoms with Gasteiger partial charge in [-0.2, -0.15) is 4.98 Å². The van der Waals surface area contributed by atoms with Gasteiger partial charge in [0, 0.05) is 11.1 Å². The van der Waals surface area contributed by atoms with E-state index in [0.717, 1.165) is 11.1 Å². The molecule has 0 spiro atoms. The van der Waals surface area contributed by atoms with Gasteiger partial charge in [-0.1, -0.05) is 39.0 Å². The van der Waals surface area contributed by atoms with Crippen LogP contribution in [0.4, 0.5) is 6.01 Å². The number of hydrazine groups is 1. The van der Waals surface area contributed by atoms with Gasteiger partial charge in [0.2, 0.25) is 0 Å². The third-order valence-corrected chi connectivity index (χ3v) is 5.86. The molecule has 0 aliphatic heterocycles. The molecule has 4 heteroatoms. The molecule has 2 atom stereocenters. The summed E-state index contributed by atoms with van der Waals surface area (Å²) in [6, 6.07) is 8.30. The minimum atomic E-state index is 0.205. The van der Waals surface area contributed by atoms with E-state index in [-0.39, 0.29) is 5.41 Å². The maximum atomic E-state index is 5.68. The molecule has 0 saturated heterocycles. The number of nitrogens with zero attached hydrogens (tertiary/aromatic N) is 1. The summed E-state index contributed by atoms with van der Waals surface area (Å²) >= 11 is 0. The molecule has 110 valence electrons. The highest BCUT2D eigenvalue weighted by Crippen LogP contribution is 2.64. The highest BCUT2D eigenvalue weighted by Gasteiger charge is 2.57. The summed E-state index contributed by atoms with van der Waals surface area (Å²) in [6.45, 7) is 7.09. The van der Waals surface area contributed by atoms with Crippen LogP contribution in [0.2, 0.25) is 0 Å². The van der Waals surface area contributed by atoms with Crippen molar-refractivity contribution in [3.05, 3.63) is 36.0 Å². The lowest BCUT2D eigenvalue weighted by atomic mass is 9.69. The highest BCUT2D eigenvalue weighted by molar-refractivity contribution is 5.74. The summed E-state index contributed by atoms with van der Waals surface area (Å²) in [7, 11) is 0. The van der Waals surface area contributed by atoms with Crippen molar-refractivity contribution in [2.24, 2.45) is 16.7 Å². The Morgan fingerprint density at radius 2 is 2.00 bits per heavy atom. The Bertz CT molecular complexity index is 697. The van der Waals surface area contributed by atoms with E-state index in [1.54, 1.807) is 0 Å². The predicted molar refractivity (Wildman–Crippen MR) is 83.5 cm³/mol. The summed E-state index contributed by atoms with van der Waals surface area (Å²) in [5.41, 5.74) is 9.93. The standard InChI is InChI=1S/C17H21N3O/c1-16(2)11-8-9-17(16,3)14(10-11)19-20-15-18-12-6-4-5-7-13(12)21-15/h4-7,10-11,19H,8-9H2,1-3H3,(H,18,20)/t11-,17+/m0/s1. The molecule has 4 rings (SSSR count). The van der Waals surface area contributed by atoms with Crippen LogP contribution in [-0.4, -0.2) is 4.98 Å². The Hall–Kier alpha value is -1.97. The number of benzene rings is 1. The van der Waals surface area contributed by atoms with Crippen molar-refractivity contribution in [3.8, 4) is 0 Å². The van der Waals surface area contributed by atoms with E-state index in [9.17, 15) is 0 Å². The lowest BCUT2D eigenvalue weighted by Gasteiger charge is -2.37. The molecular formula is C17H21N3O. The van der Waals surface area contributed by atoms with Gasteiger partial charge in [-0.3, -0.25) is 5.43 Å². The van der Waals surface area contributed by atoms with Gasteiger partial charge in [-0.15, -0.1) is 0 Å². The largest absolute Gasteiger partial charge is 0.422 e. The first kappa shape index (κ1) is 12.7. The minimum Gasteiger partial charge on any atom is -0.422 e. The van der Waals surface area contributed by atoms with Crippen LogP contribution in [0.1, 0.15) is 33.6 Å². The first-order valence-electron chi connectivity index (χ1n) is 7.61. The third kappa shape index (κ3) is 1.65. The van der Waals surface area contributed by atoms with Crippen LogP contribution in [0.3, 0.4) is 0 Å². The van der Waals surface area contributed by atoms with Gasteiger partial charge in [-0.25, -0.2) is 0 Å². The van der Waals surface area contributed by atoms with Crippen molar-refractivity contribution in [3.63, 3.8) is 0 Å². The number of fused-ring (bicyclic) bond motifs is 3. The van der Waals surface area contributed by atoms with Gasteiger partial charge in [-0.05, 0) is 36.3 Å². The van der Waals surface area contributed by atoms with Crippen molar-refractivity contribution in [1.82, 2.24) is 10.4 Å². The molecule has 2 N–H and O–H groups in total. The molecule has 21 heavy (non-hydrogen) atoms. The van der Waals surface area contributed by atoms with Crippen LogP contribution >= 0.6 is 0 Å². The summed E-state index contributed by atoms with van der Waals surface area (Å²) < 4.78 is 5.68. The van der Waals surface area contributed by atoms with Gasteiger partial charge >= 0.3 is 6.01 Å². The summed E-state index contributed by atoms with van der Waals surface area (Å²) in [5.74, 6) is 0.662. The van der Waals surface area contributed by atoms with Crippen LogP contribution in [-0.2, 0) is 0 Å². The van der Waals surface area contributed by atoms with Crippen molar-refractivity contribution in [2.75, 3.05) is 5.43 Å². The highest BCUT2D eigenvalue weighted by atomic mass is 16.4. The fraction of sp³-hybridized carbons (Fsp3) is 0.471. The van der Waals surface area contributed by atoms with Crippen LogP contribution in [0, 0.1) is 16.7 Å². The second-order valence-corrected chi connectivity index (χ2v) is 7.02. The van der Waals surface area contributed by atoms with E-state index in [4.69, 9.17) is 4.42 Å². The second-order valence-electron chi connectivity index (χ2n) is 7.02. The van der Waals surface area contributed by atoms with E-state index in [1.807, 2.05) is 24.3 Å². The Kier molecular flexibility index (Phi) is 2.44. The lowest BCUT2D eigenvalue weighted by Crippen LogP contribution is -2.37. The SMILES string of the molecule is CC1(C)[C@@H]2C=C(NNc3nc4ccccc4o3)[C@@]1(C)CC2. The molecule has 1 saturated carbocycles. The Labute approximate surface area is 124 Å². The Balaban J connectivity index is 1.54. The molecule has 1 fully saturated rings. The number of oxazole rings is 1. The molecule has 2 aliphatic rings. The molecule has 4 nitrogen and oxygen atoms in total. The maximum absolute atomic E-state index is 5.68. The number of hydrogen-bond acceptors (Lipinski definition) is 4. The molecule has 1 aromatic heterocycles. The average Bonchev–Trinajstić information content (AvgIpc) is 3.02. The van der Waals surface area contributed by atoms with Gasteiger partial charge in [0.05, 0.1) is 0 Å². The van der Waals surface area contributed by atoms with E-state index < -0.39 is 0 Å². The van der Waals surface area contributed by atoms with Gasteiger partial charge in [0.15, 0.2) is 5.58 Å². The third-order valence-electron chi connectivity index (χ3n) is 5.86. The van der Waals surface area contributed by atoms with Gasteiger partial charge in [0.25, 0.3) is 0 Å². The predicted octanol–water partition coefficient (Wildman–Crippen LogP) is 4.08. The zero-order valence-electron chi connectivity index (χ0n) is 12.7. The minimum absolute atomic E-state index is 0.205. The second kappa shape index (κ2) is 4.03. The number of anilines is 1. The normalized spacial score (nSPS) is 29.7. The Morgan fingerprint density at radius 1 is 1.19 bits per heavy atom. The first-order valence-corrected chi connectivity index (χ1v) is 7.61. The molecule has 0 unspecified atom stereocenters. The van der Waals surface area contributed by atoms with Crippen LogP contribution < -0.4 is 10.9 Å². The summed E-state index contributed by atoms with van der Waals surface area (Å²) in [5, 5.41) is 0. The summed E-state index contributed by atoms with van der Waals surface area (Å²) in [4.78, 5) is 4.43. The van der Waals surface area contributed by atoms with Crippen LogP contribution in [0.15, 0.2) is 40.5 Å². The van der Waals surface area contributed by atoms with E-state index >= 15 is 0 Å². The van der Waals surface area contributed by atoms with E-state index in [0.29, 0.717) is 17.3 Å². The van der Waals surface area contributed by atoms with Crippen LogP contribution in [0.25, 0.3) is 11.1 Å². The fourth-order valence-corrected chi connectivity index (χ4v) is 3.92. The monoisotopic (exact) mass is 283 g/mol. The van der Waals surface area contributed by atoms with Gasteiger partial charge < -0.3 is 9.84 Å². The molecular weight excluding hydrogens is 262 g/mol. The smallest absolute Gasteiger partial charge is 0.314 e. The fourth-order valence-electron chi connectivity index (χ4n) is 3.92. The molecule has 2 bridgehead atoms. The molecule has 2 aromatic rings. The van der Waals surface area contributed by atoms with Crippen molar-refractivity contribution < 1.29 is 4.42 Å². The summed E-state index contributed by atoms with van der Waals surface area (Å²) in [6.07, 6.45) is 4.90. The zero-order valence-corrected chi connectivity index (χ0v) is 12.7. The number of para-hydroxylation sites is 2. The maximum Gasteiger partial charge on any atom is 0.314 e. The molecule has 1 heterocycles.